The van der Waals surface area contributed by atoms with Crippen LogP contribution in [0.3, 0.4) is 0 Å². The van der Waals surface area contributed by atoms with Gasteiger partial charge in [-0.05, 0) is 67.3 Å². The first kappa shape index (κ1) is 25.4. The molecular formula is C25H22ClF3N2O3. The molecule has 0 spiro atoms. The fraction of sp³-hybridized carbons (Fsp3) is 0.240. The molecule has 2 aromatic carbocycles. The summed E-state index contributed by atoms with van der Waals surface area (Å²) in [6.45, 7) is 3.89. The number of carbonyl (C=O) groups excluding carboxylic acids is 2. The van der Waals surface area contributed by atoms with Crippen molar-refractivity contribution in [2.45, 2.75) is 39.0 Å². The maximum Gasteiger partial charge on any atom is 0.421 e. The third-order valence-corrected chi connectivity index (χ3v) is 5.89. The minimum atomic E-state index is -4.84. The molecule has 9 heteroatoms. The number of pyridine rings is 1. The van der Waals surface area contributed by atoms with E-state index in [1.54, 1.807) is 38.1 Å². The molecule has 1 atom stereocenters. The second kappa shape index (κ2) is 9.56. The second-order valence-electron chi connectivity index (χ2n) is 8.14. The van der Waals surface area contributed by atoms with E-state index < -0.39 is 17.7 Å². The summed E-state index contributed by atoms with van der Waals surface area (Å²) in [5, 5.41) is 12.7. The number of benzene rings is 2. The number of hydrogen-bond donors (Lipinski definition) is 2. The van der Waals surface area contributed by atoms with E-state index in [-0.39, 0.29) is 28.5 Å². The Hall–Kier alpha value is -3.23. The van der Waals surface area contributed by atoms with Crippen molar-refractivity contribution in [1.29, 1.82) is 0 Å². The van der Waals surface area contributed by atoms with E-state index in [4.69, 9.17) is 11.6 Å². The molecule has 0 saturated carbocycles. The Bertz CT molecular complexity index is 1230. The Morgan fingerprint density at radius 2 is 1.71 bits per heavy atom. The van der Waals surface area contributed by atoms with Crippen LogP contribution in [0.1, 0.15) is 49.9 Å². The van der Waals surface area contributed by atoms with Crippen LogP contribution in [0, 0.1) is 13.8 Å². The average Bonchev–Trinajstić information content (AvgIpc) is 2.75. The van der Waals surface area contributed by atoms with Gasteiger partial charge in [0, 0.05) is 23.9 Å². The van der Waals surface area contributed by atoms with Crippen LogP contribution in [-0.4, -0.2) is 28.0 Å². The Kier molecular flexibility index (Phi) is 7.14. The van der Waals surface area contributed by atoms with Gasteiger partial charge >= 0.3 is 6.18 Å². The number of aromatic nitrogens is 1. The van der Waals surface area contributed by atoms with Crippen LogP contribution in [0.5, 0.6) is 0 Å². The quantitative estimate of drug-likeness (QED) is 0.338. The van der Waals surface area contributed by atoms with Gasteiger partial charge in [0.25, 0.3) is 5.91 Å². The highest BCUT2D eigenvalue weighted by atomic mass is 35.5. The van der Waals surface area contributed by atoms with Gasteiger partial charge in [0.05, 0.1) is 5.56 Å². The molecule has 0 aliphatic carbocycles. The third kappa shape index (κ3) is 5.29. The molecule has 0 fully saturated rings. The van der Waals surface area contributed by atoms with Crippen molar-refractivity contribution in [3.8, 4) is 0 Å². The van der Waals surface area contributed by atoms with Crippen molar-refractivity contribution in [2.75, 3.05) is 5.32 Å². The lowest BCUT2D eigenvalue weighted by Gasteiger charge is -2.28. The predicted octanol–water partition coefficient (Wildman–Crippen LogP) is 5.80. The lowest BCUT2D eigenvalue weighted by atomic mass is 9.87. The largest absolute Gasteiger partial charge is 0.421 e. The van der Waals surface area contributed by atoms with Gasteiger partial charge in [-0.1, -0.05) is 35.9 Å². The van der Waals surface area contributed by atoms with Gasteiger partial charge in [0.1, 0.15) is 5.15 Å². The lowest BCUT2D eigenvalue weighted by Crippen LogP contribution is -2.39. The molecular weight excluding hydrogens is 469 g/mol. The van der Waals surface area contributed by atoms with Gasteiger partial charge in [-0.3, -0.25) is 9.59 Å². The number of hydrogen-bond acceptors (Lipinski definition) is 4. The molecule has 0 aliphatic heterocycles. The Morgan fingerprint density at radius 1 is 1.06 bits per heavy atom. The monoisotopic (exact) mass is 490 g/mol. The number of Topliss-reactive ketones (excluding diaryl/α,β-unsaturated/α-hetero) is 1. The zero-order valence-corrected chi connectivity index (χ0v) is 19.4. The Morgan fingerprint density at radius 3 is 2.29 bits per heavy atom. The molecule has 178 valence electrons. The Labute approximate surface area is 199 Å². The van der Waals surface area contributed by atoms with Crippen molar-refractivity contribution in [2.24, 2.45) is 0 Å². The number of amides is 1. The molecule has 2 N–H and O–H groups in total. The molecule has 1 heterocycles. The highest BCUT2D eigenvalue weighted by Gasteiger charge is 2.51. The van der Waals surface area contributed by atoms with Gasteiger partial charge in [0.15, 0.2) is 11.4 Å². The van der Waals surface area contributed by atoms with Crippen LogP contribution in [0.25, 0.3) is 0 Å². The zero-order valence-electron chi connectivity index (χ0n) is 18.6. The van der Waals surface area contributed by atoms with Gasteiger partial charge < -0.3 is 10.4 Å². The SMILES string of the molecule is Cc1cc(C(C)(O)C(F)(F)F)cc(C)c1CC(=O)c1cccc(NC(=O)c2cccnc2Cl)c1. The second-order valence-corrected chi connectivity index (χ2v) is 8.49. The first-order valence-corrected chi connectivity index (χ1v) is 10.6. The van der Waals surface area contributed by atoms with Crippen molar-refractivity contribution in [3.63, 3.8) is 0 Å². The summed E-state index contributed by atoms with van der Waals surface area (Å²) in [6.07, 6.45) is -3.44. The molecule has 0 radical (unpaired) electrons. The van der Waals surface area contributed by atoms with Crippen LogP contribution in [0.2, 0.25) is 5.15 Å². The van der Waals surface area contributed by atoms with E-state index in [1.807, 2.05) is 0 Å². The number of nitrogens with one attached hydrogen (secondary N) is 1. The minimum absolute atomic E-state index is 0.0473. The number of nitrogens with zero attached hydrogens (tertiary/aromatic N) is 1. The molecule has 0 bridgehead atoms. The van der Waals surface area contributed by atoms with Crippen LogP contribution in [-0.2, 0) is 12.0 Å². The summed E-state index contributed by atoms with van der Waals surface area (Å²) in [6, 6.07) is 11.9. The number of ketones is 1. The maximum absolute atomic E-state index is 13.2. The fourth-order valence-corrected chi connectivity index (χ4v) is 3.71. The summed E-state index contributed by atoms with van der Waals surface area (Å²) in [5.74, 6) is -0.765. The number of aryl methyl sites for hydroxylation is 2. The van der Waals surface area contributed by atoms with E-state index in [2.05, 4.69) is 10.3 Å². The topological polar surface area (TPSA) is 79.3 Å². The van der Waals surface area contributed by atoms with Crippen molar-refractivity contribution in [3.05, 3.63) is 93.3 Å². The van der Waals surface area contributed by atoms with Crippen LogP contribution >= 0.6 is 11.6 Å². The summed E-state index contributed by atoms with van der Waals surface area (Å²) < 4.78 is 39.7. The summed E-state index contributed by atoms with van der Waals surface area (Å²) in [5.41, 5.74) is -0.919. The number of alkyl halides is 3. The first-order valence-electron chi connectivity index (χ1n) is 10.3. The molecule has 34 heavy (non-hydrogen) atoms. The highest BCUT2D eigenvalue weighted by Crippen LogP contribution is 2.39. The van der Waals surface area contributed by atoms with E-state index in [9.17, 15) is 27.9 Å². The van der Waals surface area contributed by atoms with Crippen molar-refractivity contribution < 1.29 is 27.9 Å². The molecule has 0 saturated heterocycles. The summed E-state index contributed by atoms with van der Waals surface area (Å²) in [4.78, 5) is 29.3. The van der Waals surface area contributed by atoms with Crippen LogP contribution in [0.4, 0.5) is 18.9 Å². The first-order chi connectivity index (χ1) is 15.8. The fourth-order valence-electron chi connectivity index (χ4n) is 3.50. The van der Waals surface area contributed by atoms with Crippen LogP contribution < -0.4 is 5.32 Å². The van der Waals surface area contributed by atoms with E-state index >= 15 is 0 Å². The normalized spacial score (nSPS) is 13.3. The van der Waals surface area contributed by atoms with Crippen molar-refractivity contribution in [1.82, 2.24) is 4.98 Å². The van der Waals surface area contributed by atoms with E-state index in [0.29, 0.717) is 34.9 Å². The maximum atomic E-state index is 13.2. The standard InChI is InChI=1S/C25H22ClF3N2O3/c1-14-10-17(24(3,34)25(27,28)29)11-15(2)20(14)13-21(32)16-6-4-7-18(12-16)31-23(33)19-8-5-9-30-22(19)26/h4-12,34H,13H2,1-3H3,(H,31,33). The average molecular weight is 491 g/mol. The summed E-state index contributed by atoms with van der Waals surface area (Å²) in [7, 11) is 0. The molecule has 5 nitrogen and oxygen atoms in total. The van der Waals surface area contributed by atoms with E-state index in [0.717, 1.165) is 0 Å². The number of aliphatic hydroxyl groups is 1. The molecule has 1 amide bonds. The minimum Gasteiger partial charge on any atom is -0.376 e. The predicted molar refractivity (Wildman–Crippen MR) is 123 cm³/mol. The smallest absolute Gasteiger partial charge is 0.376 e. The van der Waals surface area contributed by atoms with E-state index in [1.165, 1.54) is 30.5 Å². The van der Waals surface area contributed by atoms with Crippen LogP contribution in [0.15, 0.2) is 54.7 Å². The molecule has 1 unspecified atom stereocenters. The number of anilines is 1. The third-order valence-electron chi connectivity index (χ3n) is 5.59. The molecule has 3 rings (SSSR count). The Balaban J connectivity index is 1.81. The van der Waals surface area contributed by atoms with Crippen molar-refractivity contribution >= 4 is 29.0 Å². The van der Waals surface area contributed by atoms with Gasteiger partial charge in [-0.2, -0.15) is 13.2 Å². The summed E-state index contributed by atoms with van der Waals surface area (Å²) >= 11 is 5.95. The van der Waals surface area contributed by atoms with Gasteiger partial charge in [-0.15, -0.1) is 0 Å². The number of carbonyl (C=O) groups is 2. The van der Waals surface area contributed by atoms with Gasteiger partial charge in [-0.25, -0.2) is 4.98 Å². The highest BCUT2D eigenvalue weighted by molar-refractivity contribution is 6.33. The molecule has 1 aromatic heterocycles. The molecule has 3 aromatic rings. The number of halogens is 4. The number of rotatable bonds is 6. The van der Waals surface area contributed by atoms with Gasteiger partial charge in [0.2, 0.25) is 0 Å². The molecule has 0 aliphatic rings. The zero-order chi connectivity index (χ0) is 25.3. The lowest BCUT2D eigenvalue weighted by molar-refractivity contribution is -0.258.